The van der Waals surface area contributed by atoms with Crippen LogP contribution in [-0.2, 0) is 14.3 Å². The molecule has 100 valence electrons. The van der Waals surface area contributed by atoms with Gasteiger partial charge in [0.2, 0.25) is 13.2 Å². The van der Waals surface area contributed by atoms with E-state index in [-0.39, 0.29) is 19.1 Å². The van der Waals surface area contributed by atoms with Gasteiger partial charge in [-0.25, -0.2) is 4.79 Å². The largest absolute Gasteiger partial charge is 0.461 e. The molecule has 0 atom stereocenters. The van der Waals surface area contributed by atoms with Gasteiger partial charge in [-0.1, -0.05) is 6.07 Å². The van der Waals surface area contributed by atoms with Crippen molar-refractivity contribution in [2.24, 2.45) is 0 Å². The Balaban J connectivity index is 2.25. The maximum absolute atomic E-state index is 11.6. The van der Waals surface area contributed by atoms with Gasteiger partial charge in [0.25, 0.3) is 0 Å². The van der Waals surface area contributed by atoms with Gasteiger partial charge in [0.1, 0.15) is 5.70 Å². The molecule has 0 spiro atoms. The molecule has 0 saturated heterocycles. The lowest BCUT2D eigenvalue weighted by Crippen LogP contribution is -2.20. The van der Waals surface area contributed by atoms with Crippen LogP contribution in [0.5, 0.6) is 11.5 Å². The predicted molar refractivity (Wildman–Crippen MR) is 66.4 cm³/mol. The Bertz CT molecular complexity index is 524. The number of nitrogens with one attached hydrogen (secondary N) is 1. The van der Waals surface area contributed by atoms with E-state index in [2.05, 4.69) is 5.32 Å². The minimum absolute atomic E-state index is 0.0655. The summed E-state index contributed by atoms with van der Waals surface area (Å²) in [4.78, 5) is 22.1. The second-order valence-electron chi connectivity index (χ2n) is 3.65. The second kappa shape index (κ2) is 5.90. The number of esters is 1. The third-order valence-corrected chi connectivity index (χ3v) is 2.42. The SMILES string of the molecule is CCOC(=O)/C(=C\c1ccc2c(c1)OCO2)NC=O. The quantitative estimate of drug-likeness (QED) is 0.488. The van der Waals surface area contributed by atoms with Crippen molar-refractivity contribution in [3.8, 4) is 11.5 Å². The number of benzene rings is 1. The monoisotopic (exact) mass is 263 g/mol. The van der Waals surface area contributed by atoms with Crippen LogP contribution in [0, 0.1) is 0 Å². The van der Waals surface area contributed by atoms with Crippen molar-refractivity contribution in [3.63, 3.8) is 0 Å². The van der Waals surface area contributed by atoms with Gasteiger partial charge >= 0.3 is 5.97 Å². The number of rotatable bonds is 5. The van der Waals surface area contributed by atoms with Crippen LogP contribution in [-0.4, -0.2) is 25.8 Å². The fraction of sp³-hybridized carbons (Fsp3) is 0.231. The highest BCUT2D eigenvalue weighted by atomic mass is 16.7. The summed E-state index contributed by atoms with van der Waals surface area (Å²) >= 11 is 0. The third-order valence-electron chi connectivity index (χ3n) is 2.42. The minimum Gasteiger partial charge on any atom is -0.461 e. The molecule has 1 aromatic carbocycles. The van der Waals surface area contributed by atoms with Crippen molar-refractivity contribution in [3.05, 3.63) is 29.5 Å². The first-order chi connectivity index (χ1) is 9.24. The van der Waals surface area contributed by atoms with Crippen molar-refractivity contribution in [2.75, 3.05) is 13.4 Å². The number of ether oxygens (including phenoxy) is 3. The zero-order valence-corrected chi connectivity index (χ0v) is 10.3. The Morgan fingerprint density at radius 1 is 1.42 bits per heavy atom. The molecule has 1 N–H and O–H groups in total. The molecule has 6 nitrogen and oxygen atoms in total. The molecule has 1 heterocycles. The Morgan fingerprint density at radius 2 is 2.21 bits per heavy atom. The molecule has 1 aliphatic heterocycles. The zero-order chi connectivity index (χ0) is 13.7. The minimum atomic E-state index is -0.590. The molecule has 1 aliphatic rings. The summed E-state index contributed by atoms with van der Waals surface area (Å²) < 4.78 is 15.3. The van der Waals surface area contributed by atoms with Crippen molar-refractivity contribution >= 4 is 18.5 Å². The summed E-state index contributed by atoms with van der Waals surface area (Å²) in [5, 5.41) is 2.32. The second-order valence-corrected chi connectivity index (χ2v) is 3.65. The molecule has 0 saturated carbocycles. The number of carbonyl (C=O) groups excluding carboxylic acids is 2. The maximum atomic E-state index is 11.6. The summed E-state index contributed by atoms with van der Waals surface area (Å²) in [5.41, 5.74) is 0.761. The Morgan fingerprint density at radius 3 is 2.95 bits per heavy atom. The zero-order valence-electron chi connectivity index (χ0n) is 10.3. The molecule has 0 radical (unpaired) electrons. The van der Waals surface area contributed by atoms with Gasteiger partial charge < -0.3 is 19.5 Å². The van der Waals surface area contributed by atoms with E-state index < -0.39 is 5.97 Å². The first kappa shape index (κ1) is 12.9. The summed E-state index contributed by atoms with van der Waals surface area (Å²) in [6, 6.07) is 5.20. The summed E-state index contributed by atoms with van der Waals surface area (Å²) in [7, 11) is 0. The molecule has 0 aromatic heterocycles. The van der Waals surface area contributed by atoms with Gasteiger partial charge in [-0.15, -0.1) is 0 Å². The average Bonchev–Trinajstić information content (AvgIpc) is 2.86. The molecule has 19 heavy (non-hydrogen) atoms. The first-order valence-electron chi connectivity index (χ1n) is 5.73. The molecule has 1 aromatic rings. The molecule has 0 bridgehead atoms. The van der Waals surface area contributed by atoms with Gasteiger partial charge in [-0.2, -0.15) is 0 Å². The van der Waals surface area contributed by atoms with E-state index in [0.29, 0.717) is 23.5 Å². The van der Waals surface area contributed by atoms with E-state index in [9.17, 15) is 9.59 Å². The number of fused-ring (bicyclic) bond motifs is 1. The molecule has 0 aliphatic carbocycles. The fourth-order valence-corrected chi connectivity index (χ4v) is 1.60. The predicted octanol–water partition coefficient (Wildman–Crippen LogP) is 1.07. The van der Waals surface area contributed by atoms with E-state index in [0.717, 1.165) is 0 Å². The number of carbonyl (C=O) groups is 2. The van der Waals surface area contributed by atoms with Gasteiger partial charge in [0, 0.05) is 0 Å². The summed E-state index contributed by atoms with van der Waals surface area (Å²) in [6.07, 6.45) is 1.93. The van der Waals surface area contributed by atoms with E-state index in [1.807, 2.05) is 0 Å². The summed E-state index contributed by atoms with van der Waals surface area (Å²) in [6.45, 7) is 2.11. The lowest BCUT2D eigenvalue weighted by molar-refractivity contribution is -0.139. The Kier molecular flexibility index (Phi) is 4.02. The maximum Gasteiger partial charge on any atom is 0.354 e. The molecule has 0 unspecified atom stereocenters. The Labute approximate surface area is 110 Å². The van der Waals surface area contributed by atoms with Crippen LogP contribution in [0.15, 0.2) is 23.9 Å². The number of hydrogen-bond acceptors (Lipinski definition) is 5. The van der Waals surface area contributed by atoms with Crippen molar-refractivity contribution in [1.82, 2.24) is 5.32 Å². The van der Waals surface area contributed by atoms with Gasteiger partial charge in [0.15, 0.2) is 11.5 Å². The van der Waals surface area contributed by atoms with E-state index >= 15 is 0 Å². The lowest BCUT2D eigenvalue weighted by Gasteiger charge is -2.05. The average molecular weight is 263 g/mol. The van der Waals surface area contributed by atoms with Crippen LogP contribution in [0.25, 0.3) is 6.08 Å². The van der Waals surface area contributed by atoms with Gasteiger partial charge in [-0.3, -0.25) is 4.79 Å². The fourth-order valence-electron chi connectivity index (χ4n) is 1.60. The molecular weight excluding hydrogens is 250 g/mol. The highest BCUT2D eigenvalue weighted by Crippen LogP contribution is 2.32. The van der Waals surface area contributed by atoms with Crippen molar-refractivity contribution in [1.29, 1.82) is 0 Å². The van der Waals surface area contributed by atoms with Gasteiger partial charge in [0.05, 0.1) is 6.61 Å². The lowest BCUT2D eigenvalue weighted by atomic mass is 10.1. The van der Waals surface area contributed by atoms with E-state index in [1.165, 1.54) is 6.08 Å². The molecule has 1 amide bonds. The van der Waals surface area contributed by atoms with Crippen molar-refractivity contribution < 1.29 is 23.8 Å². The smallest absolute Gasteiger partial charge is 0.354 e. The summed E-state index contributed by atoms with van der Waals surface area (Å²) in [5.74, 6) is 0.661. The van der Waals surface area contributed by atoms with Crippen LogP contribution < -0.4 is 14.8 Å². The molecular formula is C13H13NO5. The van der Waals surface area contributed by atoms with Crippen LogP contribution >= 0.6 is 0 Å². The van der Waals surface area contributed by atoms with Crippen LogP contribution in [0.3, 0.4) is 0 Å². The van der Waals surface area contributed by atoms with Crippen LogP contribution in [0.4, 0.5) is 0 Å². The van der Waals surface area contributed by atoms with E-state index in [1.54, 1.807) is 25.1 Å². The molecule has 0 fully saturated rings. The standard InChI is InChI=1S/C13H13NO5/c1-2-17-13(16)10(14-7-15)5-9-3-4-11-12(6-9)19-8-18-11/h3-7H,2,8H2,1H3,(H,14,15)/b10-5+. The highest BCUT2D eigenvalue weighted by molar-refractivity contribution is 5.95. The molecule has 6 heteroatoms. The van der Waals surface area contributed by atoms with E-state index in [4.69, 9.17) is 14.2 Å². The van der Waals surface area contributed by atoms with Crippen LogP contribution in [0.2, 0.25) is 0 Å². The number of hydrogen-bond donors (Lipinski definition) is 1. The van der Waals surface area contributed by atoms with Crippen LogP contribution in [0.1, 0.15) is 12.5 Å². The highest BCUT2D eigenvalue weighted by Gasteiger charge is 2.14. The van der Waals surface area contributed by atoms with Crippen molar-refractivity contribution in [2.45, 2.75) is 6.92 Å². The first-order valence-corrected chi connectivity index (χ1v) is 5.73. The topological polar surface area (TPSA) is 73.9 Å². The van der Waals surface area contributed by atoms with Gasteiger partial charge in [-0.05, 0) is 30.7 Å². The normalized spacial score (nSPS) is 13.0. The Hall–Kier alpha value is -2.50. The number of amides is 1. The third kappa shape index (κ3) is 3.04. The molecule has 2 rings (SSSR count).